The lowest BCUT2D eigenvalue weighted by Crippen LogP contribution is -2.12. The second kappa shape index (κ2) is 7.72. The number of hydrogen-bond acceptors (Lipinski definition) is 0. The highest BCUT2D eigenvalue weighted by atomic mass is 14.3. The van der Waals surface area contributed by atoms with Gasteiger partial charge in [0.15, 0.2) is 0 Å². The summed E-state index contributed by atoms with van der Waals surface area (Å²) in [4.78, 5) is 0. The fourth-order valence-corrected chi connectivity index (χ4v) is 3.44. The van der Waals surface area contributed by atoms with Crippen molar-refractivity contribution < 1.29 is 0 Å². The van der Waals surface area contributed by atoms with Crippen LogP contribution in [0.4, 0.5) is 0 Å². The van der Waals surface area contributed by atoms with E-state index >= 15 is 0 Å². The van der Waals surface area contributed by atoms with Crippen LogP contribution in [0, 0.1) is 5.92 Å². The molecule has 1 saturated carbocycles. The smallest absolute Gasteiger partial charge is 0.0162 e. The van der Waals surface area contributed by atoms with Crippen LogP contribution in [-0.2, 0) is 6.42 Å². The van der Waals surface area contributed by atoms with E-state index in [0.29, 0.717) is 0 Å². The van der Waals surface area contributed by atoms with E-state index in [-0.39, 0.29) is 0 Å². The van der Waals surface area contributed by atoms with Gasteiger partial charge in [-0.25, -0.2) is 0 Å². The molecule has 0 heteroatoms. The summed E-state index contributed by atoms with van der Waals surface area (Å²) in [5.41, 5.74) is 3.12. The molecule has 106 valence electrons. The monoisotopic (exact) mass is 258 g/mol. The van der Waals surface area contributed by atoms with Gasteiger partial charge in [-0.15, -0.1) is 0 Å². The van der Waals surface area contributed by atoms with Crippen LogP contribution >= 0.6 is 0 Å². The van der Waals surface area contributed by atoms with Gasteiger partial charge in [-0.05, 0) is 61.5 Å². The molecule has 1 aliphatic rings. The minimum Gasteiger partial charge on any atom is -0.0654 e. The van der Waals surface area contributed by atoms with Gasteiger partial charge in [-0.3, -0.25) is 0 Å². The Hall–Kier alpha value is -0.780. The van der Waals surface area contributed by atoms with Crippen LogP contribution in [0.2, 0.25) is 0 Å². The molecular formula is C19H30. The Morgan fingerprint density at radius 2 is 1.58 bits per heavy atom. The molecule has 0 spiro atoms. The van der Waals surface area contributed by atoms with Crippen molar-refractivity contribution >= 4 is 0 Å². The van der Waals surface area contributed by atoms with Crippen LogP contribution in [0.5, 0.6) is 0 Å². The van der Waals surface area contributed by atoms with E-state index in [1.54, 1.807) is 5.56 Å². The lowest BCUT2D eigenvalue weighted by Gasteiger charge is -2.28. The van der Waals surface area contributed by atoms with E-state index in [1.165, 1.54) is 63.4 Å². The van der Waals surface area contributed by atoms with Gasteiger partial charge in [0.2, 0.25) is 0 Å². The lowest BCUT2D eigenvalue weighted by atomic mass is 9.78. The van der Waals surface area contributed by atoms with E-state index in [2.05, 4.69) is 38.1 Å². The first-order chi connectivity index (χ1) is 9.33. The second-order valence-corrected chi connectivity index (χ2v) is 6.32. The standard InChI is InChI=1S/C19H30/c1-3-5-6-7-17-10-14-19(15-11-17)18-12-8-16(4-2)9-13-18/h10-11,14-16,18H,3-9,12-13H2,1-2H3. The van der Waals surface area contributed by atoms with E-state index in [4.69, 9.17) is 0 Å². The summed E-state index contributed by atoms with van der Waals surface area (Å²) in [5, 5.41) is 0. The SMILES string of the molecule is CCCCCc1ccc(C2CCC(CC)CC2)cc1. The maximum absolute atomic E-state index is 2.40. The van der Waals surface area contributed by atoms with Crippen molar-refractivity contribution in [2.45, 2.75) is 77.6 Å². The molecule has 1 aromatic rings. The first-order valence-electron chi connectivity index (χ1n) is 8.42. The summed E-state index contributed by atoms with van der Waals surface area (Å²) in [6.45, 7) is 4.62. The molecule has 0 saturated heterocycles. The Morgan fingerprint density at radius 3 is 2.16 bits per heavy atom. The molecule has 1 fully saturated rings. The molecule has 0 heterocycles. The van der Waals surface area contributed by atoms with Crippen molar-refractivity contribution in [1.29, 1.82) is 0 Å². The van der Waals surface area contributed by atoms with Crippen LogP contribution in [0.1, 0.15) is 82.3 Å². The molecule has 2 rings (SSSR count). The first-order valence-corrected chi connectivity index (χ1v) is 8.42. The highest BCUT2D eigenvalue weighted by Crippen LogP contribution is 2.36. The van der Waals surface area contributed by atoms with Crippen LogP contribution in [-0.4, -0.2) is 0 Å². The maximum Gasteiger partial charge on any atom is -0.0162 e. The molecular weight excluding hydrogens is 228 g/mol. The van der Waals surface area contributed by atoms with Gasteiger partial charge >= 0.3 is 0 Å². The van der Waals surface area contributed by atoms with Crippen molar-refractivity contribution in [3.05, 3.63) is 35.4 Å². The number of hydrogen-bond donors (Lipinski definition) is 0. The van der Waals surface area contributed by atoms with Gasteiger partial charge in [0, 0.05) is 0 Å². The van der Waals surface area contributed by atoms with E-state index < -0.39 is 0 Å². The summed E-state index contributed by atoms with van der Waals surface area (Å²) in [6, 6.07) is 9.55. The Kier molecular flexibility index (Phi) is 5.94. The number of benzene rings is 1. The van der Waals surface area contributed by atoms with Gasteiger partial charge < -0.3 is 0 Å². The fourth-order valence-electron chi connectivity index (χ4n) is 3.44. The molecule has 0 amide bonds. The third-order valence-electron chi connectivity index (χ3n) is 4.94. The van der Waals surface area contributed by atoms with Gasteiger partial charge in [-0.2, -0.15) is 0 Å². The second-order valence-electron chi connectivity index (χ2n) is 6.32. The highest BCUT2D eigenvalue weighted by Gasteiger charge is 2.20. The van der Waals surface area contributed by atoms with Crippen molar-refractivity contribution in [3.63, 3.8) is 0 Å². The number of unbranched alkanes of at least 4 members (excludes halogenated alkanes) is 2. The molecule has 0 N–H and O–H groups in total. The normalized spacial score (nSPS) is 23.5. The van der Waals surface area contributed by atoms with E-state index in [1.807, 2.05) is 0 Å². The fraction of sp³-hybridized carbons (Fsp3) is 0.684. The van der Waals surface area contributed by atoms with Crippen molar-refractivity contribution in [2.24, 2.45) is 5.92 Å². The van der Waals surface area contributed by atoms with Crippen molar-refractivity contribution in [1.82, 2.24) is 0 Å². The van der Waals surface area contributed by atoms with Crippen LogP contribution in [0.25, 0.3) is 0 Å². The summed E-state index contributed by atoms with van der Waals surface area (Å²) in [6.07, 6.45) is 12.4. The van der Waals surface area contributed by atoms with Gasteiger partial charge in [-0.1, -0.05) is 57.4 Å². The third kappa shape index (κ3) is 4.37. The lowest BCUT2D eigenvalue weighted by molar-refractivity contribution is 0.319. The molecule has 1 aromatic carbocycles. The largest absolute Gasteiger partial charge is 0.0654 e. The summed E-state index contributed by atoms with van der Waals surface area (Å²) in [7, 11) is 0. The summed E-state index contributed by atoms with van der Waals surface area (Å²) < 4.78 is 0. The third-order valence-corrected chi connectivity index (χ3v) is 4.94. The summed E-state index contributed by atoms with van der Waals surface area (Å²) in [5.74, 6) is 1.84. The maximum atomic E-state index is 2.40. The Balaban J connectivity index is 1.84. The molecule has 0 radical (unpaired) electrons. The Morgan fingerprint density at radius 1 is 0.895 bits per heavy atom. The molecule has 0 atom stereocenters. The number of aryl methyl sites for hydroxylation is 1. The zero-order valence-electron chi connectivity index (χ0n) is 12.8. The molecule has 0 bridgehead atoms. The molecule has 1 aliphatic carbocycles. The predicted octanol–water partition coefficient (Wildman–Crippen LogP) is 6.10. The van der Waals surface area contributed by atoms with Gasteiger partial charge in [0.25, 0.3) is 0 Å². The van der Waals surface area contributed by atoms with Crippen molar-refractivity contribution in [3.8, 4) is 0 Å². The Bertz CT molecular complexity index is 341. The van der Waals surface area contributed by atoms with Gasteiger partial charge in [0.05, 0.1) is 0 Å². The van der Waals surface area contributed by atoms with Crippen molar-refractivity contribution in [2.75, 3.05) is 0 Å². The van der Waals surface area contributed by atoms with E-state index in [0.717, 1.165) is 11.8 Å². The zero-order valence-corrected chi connectivity index (χ0v) is 12.8. The molecule has 0 unspecified atom stereocenters. The number of rotatable bonds is 6. The topological polar surface area (TPSA) is 0 Å². The van der Waals surface area contributed by atoms with Crippen LogP contribution < -0.4 is 0 Å². The van der Waals surface area contributed by atoms with E-state index in [9.17, 15) is 0 Å². The Labute approximate surface area is 119 Å². The minimum absolute atomic E-state index is 0.840. The predicted molar refractivity (Wildman–Crippen MR) is 84.7 cm³/mol. The average Bonchev–Trinajstić information content (AvgIpc) is 2.48. The molecule has 0 aromatic heterocycles. The molecule has 19 heavy (non-hydrogen) atoms. The van der Waals surface area contributed by atoms with Crippen LogP contribution in [0.3, 0.4) is 0 Å². The van der Waals surface area contributed by atoms with Crippen LogP contribution in [0.15, 0.2) is 24.3 Å². The average molecular weight is 258 g/mol. The quantitative estimate of drug-likeness (QED) is 0.540. The first kappa shape index (κ1) is 14.6. The van der Waals surface area contributed by atoms with Gasteiger partial charge in [0.1, 0.15) is 0 Å². The molecule has 0 aliphatic heterocycles. The molecule has 0 nitrogen and oxygen atoms in total. The minimum atomic E-state index is 0.840. The highest BCUT2D eigenvalue weighted by molar-refractivity contribution is 5.25. The summed E-state index contributed by atoms with van der Waals surface area (Å²) >= 11 is 0. The zero-order chi connectivity index (χ0) is 13.5.